The van der Waals surface area contributed by atoms with Gasteiger partial charge in [-0.25, -0.2) is 17.8 Å². The molecule has 1 fully saturated rings. The van der Waals surface area contributed by atoms with Gasteiger partial charge in [0.2, 0.25) is 10.0 Å². The summed E-state index contributed by atoms with van der Waals surface area (Å²) < 4.78 is 40.8. The molecule has 0 unspecified atom stereocenters. The second-order valence-corrected chi connectivity index (χ2v) is 7.68. The third-order valence-electron chi connectivity index (χ3n) is 4.09. The molecule has 124 valence electrons. The Morgan fingerprint density at radius 1 is 1.30 bits per heavy atom. The Bertz CT molecular complexity index is 819. The van der Waals surface area contributed by atoms with Crippen LogP contribution in [0.5, 0.6) is 0 Å². The van der Waals surface area contributed by atoms with E-state index in [1.165, 1.54) is 22.5 Å². The molecule has 0 amide bonds. The van der Waals surface area contributed by atoms with Crippen molar-refractivity contribution in [2.75, 3.05) is 6.54 Å². The van der Waals surface area contributed by atoms with E-state index in [1.54, 1.807) is 13.8 Å². The Morgan fingerprint density at radius 2 is 2.09 bits per heavy atom. The summed E-state index contributed by atoms with van der Waals surface area (Å²) in [6, 6.07) is 3.36. The van der Waals surface area contributed by atoms with Crippen molar-refractivity contribution in [1.29, 1.82) is 0 Å². The summed E-state index contributed by atoms with van der Waals surface area (Å²) in [5, 5.41) is 6.90. The average molecular weight is 338 g/mol. The molecular formula is C15H19FN4O2S. The molecule has 1 aliphatic heterocycles. The van der Waals surface area contributed by atoms with E-state index in [4.69, 9.17) is 0 Å². The fourth-order valence-electron chi connectivity index (χ4n) is 2.99. The maximum Gasteiger partial charge on any atom is 0.244 e. The molecule has 2 heterocycles. The normalized spacial score (nSPS) is 19.9. The summed E-state index contributed by atoms with van der Waals surface area (Å²) in [6.45, 7) is 3.80. The number of hydrogen-bond acceptors (Lipinski definition) is 4. The van der Waals surface area contributed by atoms with Crippen LogP contribution in [0.1, 0.15) is 42.5 Å². The van der Waals surface area contributed by atoms with Crippen molar-refractivity contribution in [3.05, 3.63) is 41.2 Å². The predicted octanol–water partition coefficient (Wildman–Crippen LogP) is 2.48. The molecule has 0 aliphatic carbocycles. The molecule has 0 radical (unpaired) electrons. The van der Waals surface area contributed by atoms with Crippen LogP contribution in [-0.4, -0.2) is 34.4 Å². The van der Waals surface area contributed by atoms with Crippen LogP contribution in [0.2, 0.25) is 0 Å². The van der Waals surface area contributed by atoms with Crippen molar-refractivity contribution in [1.82, 2.24) is 19.5 Å². The Kier molecular flexibility index (Phi) is 4.20. The maximum absolute atomic E-state index is 13.3. The van der Waals surface area contributed by atoms with Gasteiger partial charge in [0.15, 0.2) is 5.82 Å². The first-order chi connectivity index (χ1) is 10.9. The van der Waals surface area contributed by atoms with Crippen LogP contribution in [0.3, 0.4) is 0 Å². The van der Waals surface area contributed by atoms with E-state index in [2.05, 4.69) is 15.2 Å². The zero-order valence-corrected chi connectivity index (χ0v) is 13.9. The van der Waals surface area contributed by atoms with Gasteiger partial charge in [0.1, 0.15) is 11.6 Å². The van der Waals surface area contributed by atoms with Crippen LogP contribution >= 0.6 is 0 Å². The topological polar surface area (TPSA) is 79.0 Å². The smallest absolute Gasteiger partial charge is 0.244 e. The van der Waals surface area contributed by atoms with Crippen molar-refractivity contribution < 1.29 is 12.8 Å². The Labute approximate surface area is 134 Å². The number of piperidine rings is 1. The lowest BCUT2D eigenvalue weighted by molar-refractivity contribution is 0.247. The van der Waals surface area contributed by atoms with Crippen LogP contribution in [0.4, 0.5) is 4.39 Å². The highest BCUT2D eigenvalue weighted by atomic mass is 32.2. The van der Waals surface area contributed by atoms with Crippen molar-refractivity contribution in [2.45, 2.75) is 44.0 Å². The molecule has 1 saturated heterocycles. The van der Waals surface area contributed by atoms with Crippen LogP contribution in [0, 0.1) is 19.7 Å². The van der Waals surface area contributed by atoms with Gasteiger partial charge in [0, 0.05) is 6.54 Å². The standard InChI is InChI=1S/C15H19FN4O2S/c1-10-9-12(16)6-7-14(10)23(21,22)20-8-4-3-5-13(20)15-17-11(2)18-19-15/h6-7,9,13H,3-5,8H2,1-2H3,(H,17,18,19)/t13-/m1/s1. The summed E-state index contributed by atoms with van der Waals surface area (Å²) in [7, 11) is -3.72. The van der Waals surface area contributed by atoms with Crippen LogP contribution in [-0.2, 0) is 10.0 Å². The van der Waals surface area contributed by atoms with Crippen molar-refractivity contribution in [3.8, 4) is 0 Å². The molecule has 6 nitrogen and oxygen atoms in total. The third kappa shape index (κ3) is 3.00. The molecule has 1 N–H and O–H groups in total. The Balaban J connectivity index is 2.02. The number of halogens is 1. The molecule has 1 aromatic heterocycles. The fraction of sp³-hybridized carbons (Fsp3) is 0.467. The molecule has 0 saturated carbocycles. The molecule has 1 atom stereocenters. The summed E-state index contributed by atoms with van der Waals surface area (Å²) in [5.41, 5.74) is 0.403. The molecule has 0 bridgehead atoms. The number of nitrogens with one attached hydrogen (secondary N) is 1. The van der Waals surface area contributed by atoms with Gasteiger partial charge in [-0.2, -0.15) is 9.40 Å². The number of aromatic amines is 1. The molecule has 23 heavy (non-hydrogen) atoms. The minimum absolute atomic E-state index is 0.137. The van der Waals surface area contributed by atoms with E-state index in [9.17, 15) is 12.8 Å². The third-order valence-corrected chi connectivity index (χ3v) is 6.16. The van der Waals surface area contributed by atoms with Gasteiger partial charge in [-0.15, -0.1) is 0 Å². The van der Waals surface area contributed by atoms with E-state index in [1.807, 2.05) is 0 Å². The first kappa shape index (κ1) is 16.1. The largest absolute Gasteiger partial charge is 0.263 e. The van der Waals surface area contributed by atoms with Gasteiger partial charge in [-0.1, -0.05) is 6.42 Å². The summed E-state index contributed by atoms with van der Waals surface area (Å²) >= 11 is 0. The number of benzene rings is 1. The van der Waals surface area contributed by atoms with E-state index in [-0.39, 0.29) is 10.9 Å². The lowest BCUT2D eigenvalue weighted by atomic mass is 10.0. The van der Waals surface area contributed by atoms with Crippen LogP contribution < -0.4 is 0 Å². The molecule has 1 aliphatic rings. The zero-order chi connectivity index (χ0) is 16.6. The fourth-order valence-corrected chi connectivity index (χ4v) is 4.85. The van der Waals surface area contributed by atoms with Gasteiger partial charge in [-0.3, -0.25) is 5.10 Å². The second-order valence-electron chi connectivity index (χ2n) is 5.82. The van der Waals surface area contributed by atoms with E-state index >= 15 is 0 Å². The number of H-pyrrole nitrogens is 1. The highest BCUT2D eigenvalue weighted by Gasteiger charge is 2.37. The molecule has 8 heteroatoms. The van der Waals surface area contributed by atoms with E-state index in [0.717, 1.165) is 12.8 Å². The highest BCUT2D eigenvalue weighted by molar-refractivity contribution is 7.89. The number of rotatable bonds is 3. The van der Waals surface area contributed by atoms with Gasteiger partial charge in [0.25, 0.3) is 0 Å². The van der Waals surface area contributed by atoms with Gasteiger partial charge in [0.05, 0.1) is 10.9 Å². The van der Waals surface area contributed by atoms with Crippen LogP contribution in [0.25, 0.3) is 0 Å². The Hall–Kier alpha value is -1.80. The maximum atomic E-state index is 13.3. The van der Waals surface area contributed by atoms with Crippen molar-refractivity contribution >= 4 is 10.0 Å². The number of aryl methyl sites for hydroxylation is 2. The number of sulfonamides is 1. The summed E-state index contributed by atoms with van der Waals surface area (Å²) in [5.74, 6) is 0.702. The van der Waals surface area contributed by atoms with Gasteiger partial charge < -0.3 is 0 Å². The first-order valence-corrected chi connectivity index (χ1v) is 9.00. The molecule has 2 aromatic rings. The summed E-state index contributed by atoms with van der Waals surface area (Å²) in [4.78, 5) is 4.43. The lowest BCUT2D eigenvalue weighted by Crippen LogP contribution is -2.39. The summed E-state index contributed by atoms with van der Waals surface area (Å²) in [6.07, 6.45) is 2.39. The van der Waals surface area contributed by atoms with E-state index in [0.29, 0.717) is 30.2 Å². The van der Waals surface area contributed by atoms with Crippen molar-refractivity contribution in [3.63, 3.8) is 0 Å². The van der Waals surface area contributed by atoms with Gasteiger partial charge >= 0.3 is 0 Å². The number of hydrogen-bond donors (Lipinski definition) is 1. The molecule has 0 spiro atoms. The first-order valence-electron chi connectivity index (χ1n) is 7.56. The van der Waals surface area contributed by atoms with Crippen LogP contribution in [0.15, 0.2) is 23.1 Å². The second kappa shape index (κ2) is 6.01. The molecule has 1 aromatic carbocycles. The minimum Gasteiger partial charge on any atom is -0.263 e. The van der Waals surface area contributed by atoms with Gasteiger partial charge in [-0.05, 0) is 50.5 Å². The quantitative estimate of drug-likeness (QED) is 0.932. The minimum atomic E-state index is -3.72. The average Bonchev–Trinajstić information content (AvgIpc) is 2.93. The zero-order valence-electron chi connectivity index (χ0n) is 13.1. The SMILES string of the molecule is Cc1nc([C@H]2CCCCN2S(=O)(=O)c2ccc(F)cc2C)n[nH]1. The highest BCUT2D eigenvalue weighted by Crippen LogP contribution is 2.34. The number of nitrogens with zero attached hydrogens (tertiary/aromatic N) is 3. The lowest BCUT2D eigenvalue weighted by Gasteiger charge is -2.33. The number of aromatic nitrogens is 3. The molecular weight excluding hydrogens is 319 g/mol. The predicted molar refractivity (Wildman–Crippen MR) is 82.7 cm³/mol. The monoisotopic (exact) mass is 338 g/mol. The molecule has 3 rings (SSSR count). The van der Waals surface area contributed by atoms with Crippen molar-refractivity contribution in [2.24, 2.45) is 0 Å². The Morgan fingerprint density at radius 3 is 2.74 bits per heavy atom. The van der Waals surface area contributed by atoms with E-state index < -0.39 is 15.8 Å².